The largest absolute Gasteiger partial charge is 0.343 e. The molecule has 2 aromatic carbocycles. The predicted octanol–water partition coefficient (Wildman–Crippen LogP) is 4.31. The molecule has 92 valence electrons. The van der Waals surface area contributed by atoms with E-state index < -0.39 is 0 Å². The van der Waals surface area contributed by atoms with Gasteiger partial charge in [0.25, 0.3) is 0 Å². The molecule has 0 radical (unpaired) electrons. The van der Waals surface area contributed by atoms with Gasteiger partial charge in [-0.05, 0) is 37.3 Å². The van der Waals surface area contributed by atoms with Gasteiger partial charge in [-0.3, -0.25) is 4.79 Å². The van der Waals surface area contributed by atoms with Crippen molar-refractivity contribution >= 4 is 28.8 Å². The molecule has 2 rings (SSSR count). The van der Waals surface area contributed by atoms with E-state index >= 15 is 0 Å². The van der Waals surface area contributed by atoms with E-state index in [4.69, 9.17) is 11.6 Å². The van der Waals surface area contributed by atoms with Crippen LogP contribution in [0.1, 0.15) is 17.3 Å². The quantitative estimate of drug-likeness (QED) is 0.766. The van der Waals surface area contributed by atoms with Crippen LogP contribution in [0.25, 0.3) is 0 Å². The lowest BCUT2D eigenvalue weighted by Crippen LogP contribution is -2.10. The Kier molecular flexibility index (Phi) is 3.68. The highest BCUT2D eigenvalue weighted by atomic mass is 35.5. The van der Waals surface area contributed by atoms with E-state index in [9.17, 15) is 4.79 Å². The molecule has 0 fully saturated rings. The Hall–Kier alpha value is -1.80. The molecule has 0 aliphatic carbocycles. The first-order valence-corrected chi connectivity index (χ1v) is 6.06. The number of ketones is 1. The lowest BCUT2D eigenvalue weighted by Gasteiger charge is -2.21. The standard InChI is InChI=1S/C15H14ClNO/c1-11(18)12-8-9-14(16)15(10-12)17(2)13-6-4-3-5-7-13/h3-10H,1-2H3. The fraction of sp³-hybridized carbons (Fsp3) is 0.133. The molecular weight excluding hydrogens is 246 g/mol. The molecule has 0 unspecified atom stereocenters. The third-order valence-electron chi connectivity index (χ3n) is 2.86. The Morgan fingerprint density at radius 2 is 1.78 bits per heavy atom. The second-order valence-electron chi connectivity index (χ2n) is 4.12. The number of Topliss-reactive ketones (excluding diaryl/α,β-unsaturated/α-hetero) is 1. The van der Waals surface area contributed by atoms with E-state index in [2.05, 4.69) is 0 Å². The molecule has 0 aliphatic heterocycles. The van der Waals surface area contributed by atoms with Gasteiger partial charge in [-0.2, -0.15) is 0 Å². The van der Waals surface area contributed by atoms with Gasteiger partial charge in [0, 0.05) is 18.3 Å². The summed E-state index contributed by atoms with van der Waals surface area (Å²) in [5.74, 6) is 0.0365. The Balaban J connectivity index is 2.44. The number of hydrogen-bond acceptors (Lipinski definition) is 2. The fourth-order valence-electron chi connectivity index (χ4n) is 1.78. The molecular formula is C15H14ClNO. The average Bonchev–Trinajstić information content (AvgIpc) is 2.39. The van der Waals surface area contributed by atoms with Crippen LogP contribution >= 0.6 is 11.6 Å². The Labute approximate surface area is 112 Å². The summed E-state index contributed by atoms with van der Waals surface area (Å²) in [5.41, 5.74) is 2.52. The Morgan fingerprint density at radius 1 is 1.11 bits per heavy atom. The maximum Gasteiger partial charge on any atom is 0.159 e. The van der Waals surface area contributed by atoms with Gasteiger partial charge in [0.1, 0.15) is 0 Å². The summed E-state index contributed by atoms with van der Waals surface area (Å²) in [7, 11) is 1.93. The predicted molar refractivity (Wildman–Crippen MR) is 76.0 cm³/mol. The highest BCUT2D eigenvalue weighted by Gasteiger charge is 2.10. The second kappa shape index (κ2) is 5.23. The summed E-state index contributed by atoms with van der Waals surface area (Å²) in [6.45, 7) is 1.55. The van der Waals surface area contributed by atoms with E-state index in [1.54, 1.807) is 19.1 Å². The van der Waals surface area contributed by atoms with Crippen LogP contribution in [-0.2, 0) is 0 Å². The number of rotatable bonds is 3. The van der Waals surface area contributed by atoms with Gasteiger partial charge in [0.05, 0.1) is 10.7 Å². The molecule has 0 saturated heterocycles. The number of carbonyl (C=O) groups is 1. The highest BCUT2D eigenvalue weighted by molar-refractivity contribution is 6.33. The van der Waals surface area contributed by atoms with Crippen molar-refractivity contribution in [2.75, 3.05) is 11.9 Å². The summed E-state index contributed by atoms with van der Waals surface area (Å²) >= 11 is 6.19. The van der Waals surface area contributed by atoms with Crippen molar-refractivity contribution in [2.24, 2.45) is 0 Å². The molecule has 0 N–H and O–H groups in total. The molecule has 0 aliphatic rings. The topological polar surface area (TPSA) is 20.3 Å². The number of benzene rings is 2. The van der Waals surface area contributed by atoms with Gasteiger partial charge < -0.3 is 4.90 Å². The van der Waals surface area contributed by atoms with Crippen LogP contribution in [0, 0.1) is 0 Å². The fourth-order valence-corrected chi connectivity index (χ4v) is 2.02. The van der Waals surface area contributed by atoms with Gasteiger partial charge in [0.15, 0.2) is 5.78 Å². The SMILES string of the molecule is CC(=O)c1ccc(Cl)c(N(C)c2ccccc2)c1. The Morgan fingerprint density at radius 3 is 2.39 bits per heavy atom. The third kappa shape index (κ3) is 2.54. The van der Waals surface area contributed by atoms with Gasteiger partial charge in [-0.1, -0.05) is 29.8 Å². The monoisotopic (exact) mass is 259 g/mol. The molecule has 2 aromatic rings. The van der Waals surface area contributed by atoms with Crippen LogP contribution in [0.2, 0.25) is 5.02 Å². The van der Waals surface area contributed by atoms with Crippen LogP contribution in [0.5, 0.6) is 0 Å². The summed E-state index contributed by atoms with van der Waals surface area (Å²) in [4.78, 5) is 13.4. The van der Waals surface area contributed by atoms with E-state index in [0.717, 1.165) is 11.4 Å². The third-order valence-corrected chi connectivity index (χ3v) is 3.18. The van der Waals surface area contributed by atoms with Crippen LogP contribution in [0.4, 0.5) is 11.4 Å². The van der Waals surface area contributed by atoms with Gasteiger partial charge in [-0.15, -0.1) is 0 Å². The number of anilines is 2. The van der Waals surface area contributed by atoms with Crippen molar-refractivity contribution < 1.29 is 4.79 Å². The molecule has 0 atom stereocenters. The van der Waals surface area contributed by atoms with E-state index in [-0.39, 0.29) is 5.78 Å². The molecule has 0 amide bonds. The van der Waals surface area contributed by atoms with Crippen LogP contribution < -0.4 is 4.90 Å². The summed E-state index contributed by atoms with van der Waals surface area (Å²) < 4.78 is 0. The highest BCUT2D eigenvalue weighted by Crippen LogP contribution is 2.31. The normalized spacial score (nSPS) is 10.2. The number of para-hydroxylation sites is 1. The van der Waals surface area contributed by atoms with Gasteiger partial charge in [-0.25, -0.2) is 0 Å². The summed E-state index contributed by atoms with van der Waals surface area (Å²) in [5, 5.41) is 0.631. The molecule has 0 saturated carbocycles. The zero-order valence-corrected chi connectivity index (χ0v) is 11.1. The van der Waals surface area contributed by atoms with E-state index in [0.29, 0.717) is 10.6 Å². The maximum atomic E-state index is 11.4. The minimum absolute atomic E-state index is 0.0365. The first-order chi connectivity index (χ1) is 8.59. The molecule has 3 heteroatoms. The molecule has 0 aromatic heterocycles. The molecule has 2 nitrogen and oxygen atoms in total. The van der Waals surface area contributed by atoms with Crippen molar-refractivity contribution in [1.29, 1.82) is 0 Å². The van der Waals surface area contributed by atoms with Gasteiger partial charge in [0.2, 0.25) is 0 Å². The average molecular weight is 260 g/mol. The molecule has 0 spiro atoms. The summed E-state index contributed by atoms with van der Waals surface area (Å²) in [6, 6.07) is 15.2. The van der Waals surface area contributed by atoms with Crippen molar-refractivity contribution in [3.8, 4) is 0 Å². The smallest absolute Gasteiger partial charge is 0.159 e. The minimum atomic E-state index is 0.0365. The minimum Gasteiger partial charge on any atom is -0.343 e. The molecule has 0 heterocycles. The molecule has 18 heavy (non-hydrogen) atoms. The number of halogens is 1. The maximum absolute atomic E-state index is 11.4. The number of hydrogen-bond donors (Lipinski definition) is 0. The Bertz CT molecular complexity index is 566. The summed E-state index contributed by atoms with van der Waals surface area (Å²) in [6.07, 6.45) is 0. The zero-order chi connectivity index (χ0) is 13.1. The number of carbonyl (C=O) groups excluding carboxylic acids is 1. The zero-order valence-electron chi connectivity index (χ0n) is 10.4. The lowest BCUT2D eigenvalue weighted by atomic mass is 10.1. The van der Waals surface area contributed by atoms with Crippen molar-refractivity contribution in [3.05, 3.63) is 59.1 Å². The van der Waals surface area contributed by atoms with Crippen LogP contribution in [0.3, 0.4) is 0 Å². The molecule has 0 bridgehead atoms. The first-order valence-electron chi connectivity index (χ1n) is 5.69. The van der Waals surface area contributed by atoms with Crippen LogP contribution in [-0.4, -0.2) is 12.8 Å². The second-order valence-corrected chi connectivity index (χ2v) is 4.52. The number of nitrogens with zero attached hydrogens (tertiary/aromatic N) is 1. The van der Waals surface area contributed by atoms with Gasteiger partial charge >= 0.3 is 0 Å². The van der Waals surface area contributed by atoms with Crippen molar-refractivity contribution in [2.45, 2.75) is 6.92 Å². The van der Waals surface area contributed by atoms with E-state index in [1.807, 2.05) is 48.3 Å². The van der Waals surface area contributed by atoms with Crippen LogP contribution in [0.15, 0.2) is 48.5 Å². The lowest BCUT2D eigenvalue weighted by molar-refractivity contribution is 0.101. The van der Waals surface area contributed by atoms with E-state index in [1.165, 1.54) is 0 Å². The van der Waals surface area contributed by atoms with Crippen molar-refractivity contribution in [3.63, 3.8) is 0 Å². The first kappa shape index (κ1) is 12.7. The van der Waals surface area contributed by atoms with Crippen molar-refractivity contribution in [1.82, 2.24) is 0 Å².